The summed E-state index contributed by atoms with van der Waals surface area (Å²) in [7, 11) is 0. The van der Waals surface area contributed by atoms with Gasteiger partial charge in [0.2, 0.25) is 0 Å². The third-order valence-corrected chi connectivity index (χ3v) is 3.05. The van der Waals surface area contributed by atoms with Crippen molar-refractivity contribution in [2.24, 2.45) is 5.92 Å². The number of carboxylic acid groups (broad SMARTS) is 1. The summed E-state index contributed by atoms with van der Waals surface area (Å²) in [6.07, 6.45) is -15.3. The molecule has 0 spiro atoms. The third-order valence-electron chi connectivity index (χ3n) is 3.05. The average molecular weight is 366 g/mol. The van der Waals surface area contributed by atoms with Gasteiger partial charge in [-0.2, -0.15) is 26.3 Å². The average Bonchev–Trinajstić information content (AvgIpc) is 2.38. The summed E-state index contributed by atoms with van der Waals surface area (Å²) in [6, 6.07) is 0. The molecule has 0 aromatic heterocycles. The smallest absolute Gasteiger partial charge is 0.430 e. The summed E-state index contributed by atoms with van der Waals surface area (Å²) >= 11 is 0. The van der Waals surface area contributed by atoms with Crippen LogP contribution in [0.2, 0.25) is 0 Å². The second-order valence-corrected chi connectivity index (χ2v) is 5.31. The van der Waals surface area contributed by atoms with E-state index in [1.807, 2.05) is 0 Å². The topological polar surface area (TPSA) is 83.8 Å². The van der Waals surface area contributed by atoms with Crippen LogP contribution >= 0.6 is 0 Å². The second-order valence-electron chi connectivity index (χ2n) is 5.31. The Morgan fingerprint density at radius 2 is 1.50 bits per heavy atom. The fourth-order valence-corrected chi connectivity index (χ4v) is 1.70. The molecule has 11 heteroatoms. The maximum absolute atomic E-state index is 12.8. The van der Waals surface area contributed by atoms with Gasteiger partial charge in [-0.15, -0.1) is 0 Å². The number of rotatable bonds is 6. The molecule has 0 aliphatic carbocycles. The SMILES string of the molecule is CC(=CCC(=O)OC(C(C)C)C(O)(C(F)(F)F)C(F)(F)F)C(=O)O. The number of halogens is 6. The van der Waals surface area contributed by atoms with Crippen molar-refractivity contribution in [1.29, 1.82) is 0 Å². The van der Waals surface area contributed by atoms with Crippen molar-refractivity contribution in [2.45, 2.75) is 51.2 Å². The molecule has 0 aromatic carbocycles. The predicted octanol–water partition coefficient (Wildman–Crippen LogP) is 2.83. The Morgan fingerprint density at radius 1 is 1.08 bits per heavy atom. The van der Waals surface area contributed by atoms with Crippen molar-refractivity contribution in [3.63, 3.8) is 0 Å². The minimum absolute atomic E-state index is 0.352. The van der Waals surface area contributed by atoms with Gasteiger partial charge in [0.25, 0.3) is 5.60 Å². The van der Waals surface area contributed by atoms with Crippen molar-refractivity contribution in [1.82, 2.24) is 0 Å². The van der Waals surface area contributed by atoms with Crippen molar-refractivity contribution in [3.8, 4) is 0 Å². The Morgan fingerprint density at radius 3 is 1.79 bits per heavy atom. The molecule has 140 valence electrons. The zero-order valence-corrected chi connectivity index (χ0v) is 12.8. The molecule has 0 bridgehead atoms. The lowest BCUT2D eigenvalue weighted by molar-refractivity contribution is -0.395. The number of carboxylic acids is 1. The van der Waals surface area contributed by atoms with Crippen LogP contribution in [0.4, 0.5) is 26.3 Å². The molecule has 24 heavy (non-hydrogen) atoms. The van der Waals surface area contributed by atoms with E-state index in [1.54, 1.807) is 0 Å². The Bertz CT molecular complexity index is 492. The van der Waals surface area contributed by atoms with Crippen LogP contribution in [0.1, 0.15) is 27.2 Å². The number of aliphatic hydroxyl groups is 1. The number of hydrogen-bond donors (Lipinski definition) is 2. The zero-order valence-electron chi connectivity index (χ0n) is 12.8. The number of alkyl halides is 6. The van der Waals surface area contributed by atoms with E-state index in [4.69, 9.17) is 5.11 Å². The summed E-state index contributed by atoms with van der Waals surface area (Å²) in [6.45, 7) is 2.87. The molecule has 0 aliphatic heterocycles. The summed E-state index contributed by atoms with van der Waals surface area (Å²) in [4.78, 5) is 22.0. The first-order valence-corrected chi connectivity index (χ1v) is 6.51. The Labute approximate surface area is 132 Å². The molecule has 0 saturated heterocycles. The van der Waals surface area contributed by atoms with Gasteiger partial charge in [-0.05, 0) is 12.8 Å². The highest BCUT2D eigenvalue weighted by atomic mass is 19.4. The predicted molar refractivity (Wildman–Crippen MR) is 67.8 cm³/mol. The molecule has 0 radical (unpaired) electrons. The normalized spacial score (nSPS) is 15.4. The van der Waals surface area contributed by atoms with Gasteiger partial charge in [0.05, 0.1) is 6.42 Å². The van der Waals surface area contributed by atoms with E-state index < -0.39 is 48.3 Å². The van der Waals surface area contributed by atoms with Crippen molar-refractivity contribution < 1.29 is 50.9 Å². The molecular weight excluding hydrogens is 350 g/mol. The maximum atomic E-state index is 12.8. The van der Waals surface area contributed by atoms with Crippen LogP contribution in [-0.4, -0.2) is 46.2 Å². The number of carbonyl (C=O) groups excluding carboxylic acids is 1. The van der Waals surface area contributed by atoms with Crippen molar-refractivity contribution in [2.75, 3.05) is 0 Å². The number of esters is 1. The van der Waals surface area contributed by atoms with E-state index in [0.29, 0.717) is 0 Å². The summed E-state index contributed by atoms with van der Waals surface area (Å²) in [5.41, 5.74) is -5.61. The lowest BCUT2D eigenvalue weighted by Crippen LogP contribution is -2.66. The molecule has 0 saturated carbocycles. The Hall–Kier alpha value is -1.78. The molecule has 0 aliphatic rings. The van der Waals surface area contributed by atoms with E-state index in [2.05, 4.69) is 4.74 Å². The highest BCUT2D eigenvalue weighted by molar-refractivity contribution is 5.86. The minimum atomic E-state index is -6.15. The van der Waals surface area contributed by atoms with E-state index in [9.17, 15) is 41.0 Å². The van der Waals surface area contributed by atoms with Crippen LogP contribution in [-0.2, 0) is 14.3 Å². The van der Waals surface area contributed by atoms with Gasteiger partial charge in [0.15, 0.2) is 6.10 Å². The number of ether oxygens (including phenoxy) is 1. The lowest BCUT2D eigenvalue weighted by atomic mass is 9.87. The van der Waals surface area contributed by atoms with Crippen LogP contribution in [0.25, 0.3) is 0 Å². The molecule has 0 fully saturated rings. The molecule has 1 atom stereocenters. The zero-order chi connectivity index (χ0) is 19.5. The van der Waals surface area contributed by atoms with Crippen LogP contribution < -0.4 is 0 Å². The first-order chi connectivity index (χ1) is 10.6. The molecule has 0 rings (SSSR count). The van der Waals surface area contributed by atoms with Crippen LogP contribution in [0.15, 0.2) is 11.6 Å². The monoisotopic (exact) mass is 366 g/mol. The Balaban J connectivity index is 5.61. The lowest BCUT2D eigenvalue weighted by Gasteiger charge is -2.39. The number of hydrogen-bond acceptors (Lipinski definition) is 4. The number of aliphatic carboxylic acids is 1. The third kappa shape index (κ3) is 4.86. The van der Waals surface area contributed by atoms with Gasteiger partial charge in [-0.1, -0.05) is 19.9 Å². The molecule has 1 unspecified atom stereocenters. The first kappa shape index (κ1) is 22.2. The summed E-state index contributed by atoms with van der Waals surface area (Å²) in [5, 5.41) is 17.8. The fraction of sp³-hybridized carbons (Fsp3) is 0.692. The van der Waals surface area contributed by atoms with E-state index in [-0.39, 0.29) is 5.57 Å². The largest absolute Gasteiger partial charge is 0.478 e. The summed E-state index contributed by atoms with van der Waals surface area (Å²) < 4.78 is 81.2. The van der Waals surface area contributed by atoms with Crippen LogP contribution in [0, 0.1) is 5.92 Å². The number of carbonyl (C=O) groups is 2. The van der Waals surface area contributed by atoms with Gasteiger partial charge < -0.3 is 14.9 Å². The quantitative estimate of drug-likeness (QED) is 0.429. The molecular formula is C13H16F6O5. The molecule has 2 N–H and O–H groups in total. The van der Waals surface area contributed by atoms with Crippen LogP contribution in [0.5, 0.6) is 0 Å². The van der Waals surface area contributed by atoms with Crippen molar-refractivity contribution >= 4 is 11.9 Å². The van der Waals surface area contributed by atoms with Crippen LogP contribution in [0.3, 0.4) is 0 Å². The molecule has 0 aromatic rings. The standard InChI is InChI=1S/C13H16F6O5/c1-6(2)9(11(23,12(14,15)16)13(17,18)19)24-8(20)5-4-7(3)10(21)22/h4,6,9,23H,5H2,1-3H3,(H,21,22). The highest BCUT2D eigenvalue weighted by Gasteiger charge is 2.75. The van der Waals surface area contributed by atoms with E-state index >= 15 is 0 Å². The van der Waals surface area contributed by atoms with E-state index in [0.717, 1.165) is 26.8 Å². The first-order valence-electron chi connectivity index (χ1n) is 6.51. The van der Waals surface area contributed by atoms with Gasteiger partial charge in [0.1, 0.15) is 0 Å². The van der Waals surface area contributed by atoms with Gasteiger partial charge in [-0.3, -0.25) is 4.79 Å². The van der Waals surface area contributed by atoms with Gasteiger partial charge in [0, 0.05) is 5.57 Å². The Kier molecular flexibility index (Phi) is 6.86. The van der Waals surface area contributed by atoms with Crippen molar-refractivity contribution in [3.05, 3.63) is 11.6 Å². The minimum Gasteiger partial charge on any atom is -0.478 e. The van der Waals surface area contributed by atoms with E-state index in [1.165, 1.54) is 0 Å². The second kappa shape index (κ2) is 7.41. The highest BCUT2D eigenvalue weighted by Crippen LogP contribution is 2.47. The maximum Gasteiger partial charge on any atom is 0.430 e. The molecule has 0 heterocycles. The molecule has 0 amide bonds. The summed E-state index contributed by atoms with van der Waals surface area (Å²) in [5.74, 6) is -4.50. The molecule has 5 nitrogen and oxygen atoms in total. The fourth-order valence-electron chi connectivity index (χ4n) is 1.70. The van der Waals surface area contributed by atoms with Gasteiger partial charge >= 0.3 is 24.3 Å². The van der Waals surface area contributed by atoms with Gasteiger partial charge in [-0.25, -0.2) is 4.79 Å².